The Labute approximate surface area is 69.1 Å². The number of hydrogen-bond acceptors (Lipinski definition) is 2. The highest BCUT2D eigenvalue weighted by atomic mass is 19.3. The van der Waals surface area contributed by atoms with Crippen LogP contribution in [0.15, 0.2) is 12.2 Å². The average molecular weight is 179 g/mol. The van der Waals surface area contributed by atoms with Crippen molar-refractivity contribution in [3.05, 3.63) is 12.2 Å². The van der Waals surface area contributed by atoms with E-state index >= 15 is 0 Å². The number of aliphatic carboxylic acids is 1. The van der Waals surface area contributed by atoms with Crippen molar-refractivity contribution >= 4 is 5.97 Å². The van der Waals surface area contributed by atoms with Crippen LogP contribution in [0.4, 0.5) is 8.78 Å². The zero-order chi connectivity index (χ0) is 9.61. The first kappa shape index (κ1) is 11.0. The molecule has 0 saturated heterocycles. The summed E-state index contributed by atoms with van der Waals surface area (Å²) in [4.78, 5) is 9.88. The summed E-state index contributed by atoms with van der Waals surface area (Å²) >= 11 is 0. The van der Waals surface area contributed by atoms with Crippen molar-refractivity contribution in [1.29, 1.82) is 0 Å². The summed E-state index contributed by atoms with van der Waals surface area (Å²) in [6.45, 7) is 1.16. The Balaban J connectivity index is 3.69. The second kappa shape index (κ2) is 4.82. The van der Waals surface area contributed by atoms with E-state index in [1.165, 1.54) is 0 Å². The molecule has 0 radical (unpaired) electrons. The van der Waals surface area contributed by atoms with E-state index in [-0.39, 0.29) is 6.54 Å². The van der Waals surface area contributed by atoms with Crippen molar-refractivity contribution < 1.29 is 18.7 Å². The Hall–Kier alpha value is -0.970. The molecule has 0 rings (SSSR count). The molecule has 0 aliphatic heterocycles. The monoisotopic (exact) mass is 179 g/mol. The molecular formula is C7H11F2NO2. The molecule has 5 heteroatoms. The minimum absolute atomic E-state index is 0.249. The number of hydrogen-bond donors (Lipinski definition) is 2. The number of nitrogens with one attached hydrogen (secondary N) is 1. The van der Waals surface area contributed by atoms with E-state index in [1.807, 2.05) is 0 Å². The van der Waals surface area contributed by atoms with Crippen LogP contribution >= 0.6 is 0 Å². The maximum atomic E-state index is 12.3. The Morgan fingerprint density at radius 3 is 2.67 bits per heavy atom. The predicted octanol–water partition coefficient (Wildman–Crippen LogP) is 0.872. The molecule has 70 valence electrons. The first-order valence-corrected chi connectivity index (χ1v) is 3.44. The van der Waals surface area contributed by atoms with Gasteiger partial charge in [0.1, 0.15) is 0 Å². The molecule has 0 amide bonds. The molecule has 0 aromatic carbocycles. The van der Waals surface area contributed by atoms with E-state index < -0.39 is 18.4 Å². The Bertz CT molecular complexity index is 180. The van der Waals surface area contributed by atoms with Crippen molar-refractivity contribution in [3.63, 3.8) is 0 Å². The third-order valence-electron chi connectivity index (χ3n) is 1.16. The van der Waals surface area contributed by atoms with Crippen LogP contribution in [0, 0.1) is 0 Å². The highest BCUT2D eigenvalue weighted by Crippen LogP contribution is 2.10. The summed E-state index contributed by atoms with van der Waals surface area (Å²) in [7, 11) is 0. The second-order valence-electron chi connectivity index (χ2n) is 2.21. The van der Waals surface area contributed by atoms with Gasteiger partial charge in [-0.05, 0) is 6.92 Å². The average Bonchev–Trinajstić information content (AvgIpc) is 1.98. The minimum atomic E-state index is -3.68. The van der Waals surface area contributed by atoms with Gasteiger partial charge >= 0.3 is 11.9 Å². The number of carbonyl (C=O) groups is 1. The van der Waals surface area contributed by atoms with Gasteiger partial charge in [-0.15, -0.1) is 0 Å². The third-order valence-corrected chi connectivity index (χ3v) is 1.16. The van der Waals surface area contributed by atoms with Gasteiger partial charge < -0.3 is 10.4 Å². The maximum absolute atomic E-state index is 12.3. The Morgan fingerprint density at radius 2 is 2.25 bits per heavy atom. The summed E-state index contributed by atoms with van der Waals surface area (Å²) in [5.41, 5.74) is 0. The van der Waals surface area contributed by atoms with Crippen LogP contribution < -0.4 is 5.32 Å². The summed E-state index contributed by atoms with van der Waals surface area (Å²) < 4.78 is 24.6. The van der Waals surface area contributed by atoms with Gasteiger partial charge in [-0.3, -0.25) is 0 Å². The first-order valence-electron chi connectivity index (χ1n) is 3.44. The maximum Gasteiger partial charge on any atom is 0.375 e. The summed E-state index contributed by atoms with van der Waals surface area (Å²) in [5.74, 6) is -5.78. The van der Waals surface area contributed by atoms with E-state index in [1.54, 1.807) is 19.1 Å². The highest BCUT2D eigenvalue weighted by molar-refractivity contribution is 5.75. The normalized spacial score (nSPS) is 12.2. The number of halogens is 2. The van der Waals surface area contributed by atoms with Gasteiger partial charge in [0, 0.05) is 6.54 Å². The van der Waals surface area contributed by atoms with E-state index in [0.29, 0.717) is 0 Å². The van der Waals surface area contributed by atoms with E-state index in [0.717, 1.165) is 0 Å². The molecular weight excluding hydrogens is 168 g/mol. The molecule has 0 aliphatic carbocycles. The smallest absolute Gasteiger partial charge is 0.375 e. The molecule has 0 aliphatic rings. The number of rotatable bonds is 5. The zero-order valence-corrected chi connectivity index (χ0v) is 6.68. The van der Waals surface area contributed by atoms with E-state index in [2.05, 4.69) is 5.32 Å². The van der Waals surface area contributed by atoms with Crippen LogP contribution in [0.5, 0.6) is 0 Å². The highest BCUT2D eigenvalue weighted by Gasteiger charge is 2.37. The van der Waals surface area contributed by atoms with Crippen LogP contribution in [0.2, 0.25) is 0 Å². The predicted molar refractivity (Wildman–Crippen MR) is 40.3 cm³/mol. The fraction of sp³-hybridized carbons (Fsp3) is 0.571. The molecule has 0 aromatic heterocycles. The van der Waals surface area contributed by atoms with Gasteiger partial charge in [0.2, 0.25) is 0 Å². The van der Waals surface area contributed by atoms with Crippen LogP contribution in [0.1, 0.15) is 6.92 Å². The van der Waals surface area contributed by atoms with Gasteiger partial charge in [-0.1, -0.05) is 12.2 Å². The first-order chi connectivity index (χ1) is 5.50. The lowest BCUT2D eigenvalue weighted by molar-refractivity contribution is -0.163. The molecule has 0 atom stereocenters. The van der Waals surface area contributed by atoms with Crippen LogP contribution in [-0.4, -0.2) is 30.1 Å². The van der Waals surface area contributed by atoms with Gasteiger partial charge in [-0.2, -0.15) is 8.78 Å². The van der Waals surface area contributed by atoms with Gasteiger partial charge in [0.25, 0.3) is 0 Å². The number of allylic oxidation sites excluding steroid dienone is 1. The van der Waals surface area contributed by atoms with Crippen molar-refractivity contribution in [1.82, 2.24) is 5.32 Å². The van der Waals surface area contributed by atoms with Crippen molar-refractivity contribution in [2.45, 2.75) is 12.8 Å². The summed E-state index contributed by atoms with van der Waals surface area (Å²) in [6.07, 6.45) is 3.31. The fourth-order valence-corrected chi connectivity index (χ4v) is 0.506. The lowest BCUT2D eigenvalue weighted by Gasteiger charge is -2.10. The van der Waals surface area contributed by atoms with Crippen molar-refractivity contribution in [2.24, 2.45) is 0 Å². The standard InChI is InChI=1S/C7H11F2NO2/c1-2-3-4-10-5-7(8,9)6(11)12/h2-3,10H,4-5H2,1H3,(H,11,12)/b3-2+. The quantitative estimate of drug-likeness (QED) is 0.486. The third kappa shape index (κ3) is 4.02. The Morgan fingerprint density at radius 1 is 1.67 bits per heavy atom. The molecule has 2 N–H and O–H groups in total. The summed E-state index contributed by atoms with van der Waals surface area (Å²) in [6, 6.07) is 0. The lowest BCUT2D eigenvalue weighted by Crippen LogP contribution is -2.39. The van der Waals surface area contributed by atoms with Crippen molar-refractivity contribution in [2.75, 3.05) is 13.1 Å². The Kier molecular flexibility index (Phi) is 4.43. The molecule has 0 spiro atoms. The van der Waals surface area contributed by atoms with Crippen LogP contribution in [0.3, 0.4) is 0 Å². The van der Waals surface area contributed by atoms with E-state index in [4.69, 9.17) is 5.11 Å². The fourth-order valence-electron chi connectivity index (χ4n) is 0.506. The van der Waals surface area contributed by atoms with Gasteiger partial charge in [-0.25, -0.2) is 4.79 Å². The molecule has 0 unspecified atom stereocenters. The molecule has 0 fully saturated rings. The van der Waals surface area contributed by atoms with E-state index in [9.17, 15) is 13.6 Å². The minimum Gasteiger partial charge on any atom is -0.477 e. The van der Waals surface area contributed by atoms with Gasteiger partial charge in [0.15, 0.2) is 0 Å². The number of carboxylic acid groups (broad SMARTS) is 1. The molecule has 0 aromatic rings. The molecule has 0 heterocycles. The molecule has 12 heavy (non-hydrogen) atoms. The van der Waals surface area contributed by atoms with Crippen LogP contribution in [-0.2, 0) is 4.79 Å². The lowest BCUT2D eigenvalue weighted by atomic mass is 10.3. The van der Waals surface area contributed by atoms with Crippen LogP contribution in [0.25, 0.3) is 0 Å². The van der Waals surface area contributed by atoms with Crippen molar-refractivity contribution in [3.8, 4) is 0 Å². The molecule has 0 saturated carbocycles. The number of alkyl halides is 2. The zero-order valence-electron chi connectivity index (χ0n) is 6.68. The molecule has 0 bridgehead atoms. The summed E-state index contributed by atoms with van der Waals surface area (Å²) in [5, 5.41) is 10.3. The van der Waals surface area contributed by atoms with Gasteiger partial charge in [0.05, 0.1) is 6.54 Å². The second-order valence-corrected chi connectivity index (χ2v) is 2.21. The topological polar surface area (TPSA) is 49.3 Å². The molecule has 3 nitrogen and oxygen atoms in total. The largest absolute Gasteiger partial charge is 0.477 e. The SMILES string of the molecule is C/C=C/CNCC(F)(F)C(=O)O. The number of carboxylic acids is 1.